The van der Waals surface area contributed by atoms with Crippen molar-refractivity contribution in [3.8, 4) is 11.3 Å². The Labute approximate surface area is 113 Å². The molecule has 0 aliphatic heterocycles. The maximum atomic E-state index is 10.1. The smallest absolute Gasteiger partial charge is 0.163 e. The Kier molecular flexibility index (Phi) is 4.36. The average Bonchev–Trinajstić information content (AvgIpc) is 2.82. The van der Waals surface area contributed by atoms with Gasteiger partial charge in [0.2, 0.25) is 0 Å². The Bertz CT molecular complexity index is 554. The third kappa shape index (κ3) is 3.10. The van der Waals surface area contributed by atoms with E-state index in [9.17, 15) is 4.79 Å². The molecule has 4 nitrogen and oxygen atoms in total. The topological polar surface area (TPSA) is 52.3 Å². The molecule has 0 unspecified atom stereocenters. The third-order valence-corrected chi connectivity index (χ3v) is 2.94. The van der Waals surface area contributed by atoms with E-state index in [4.69, 9.17) is 32.5 Å². The lowest BCUT2D eigenvalue weighted by Gasteiger charge is -1.98. The summed E-state index contributed by atoms with van der Waals surface area (Å²) in [4.78, 5) is 10.1. The van der Waals surface area contributed by atoms with E-state index in [1.807, 2.05) is 0 Å². The number of aromatic nitrogens is 1. The fourth-order valence-corrected chi connectivity index (χ4v) is 1.68. The second kappa shape index (κ2) is 6.00. The highest BCUT2D eigenvalue weighted by Crippen LogP contribution is 2.28. The number of hydrogen-bond donors (Lipinski definition) is 0. The normalized spacial score (nSPS) is 10.6. The van der Waals surface area contributed by atoms with Crippen molar-refractivity contribution < 1.29 is 14.1 Å². The molecular weight excluding hydrogens is 277 g/mol. The largest absolute Gasteiger partial charge is 0.366 e. The predicted molar refractivity (Wildman–Crippen MR) is 67.7 cm³/mol. The molecule has 94 valence electrons. The highest BCUT2D eigenvalue weighted by molar-refractivity contribution is 6.42. The maximum Gasteiger partial charge on any atom is 0.163 e. The van der Waals surface area contributed by atoms with Gasteiger partial charge in [-0.1, -0.05) is 34.4 Å². The van der Waals surface area contributed by atoms with Gasteiger partial charge in [0.1, 0.15) is 25.2 Å². The molecular formula is C12H9Cl2NO3. The molecule has 0 spiro atoms. The highest BCUT2D eigenvalue weighted by atomic mass is 35.5. The molecule has 0 amide bonds. The van der Waals surface area contributed by atoms with E-state index in [1.165, 1.54) is 0 Å². The van der Waals surface area contributed by atoms with Crippen LogP contribution in [-0.2, 0) is 16.1 Å². The fraction of sp³-hybridized carbons (Fsp3) is 0.167. The zero-order valence-electron chi connectivity index (χ0n) is 9.23. The van der Waals surface area contributed by atoms with Gasteiger partial charge in [-0.3, -0.25) is 0 Å². The first-order valence-corrected chi connectivity index (χ1v) is 5.88. The lowest BCUT2D eigenvalue weighted by atomic mass is 10.1. The molecule has 1 heterocycles. The van der Waals surface area contributed by atoms with Gasteiger partial charge in [0.05, 0.1) is 10.0 Å². The molecule has 2 rings (SSSR count). The second-order valence-electron chi connectivity index (χ2n) is 3.49. The van der Waals surface area contributed by atoms with Gasteiger partial charge in [0.25, 0.3) is 0 Å². The minimum absolute atomic E-state index is 0.0306. The minimum Gasteiger partial charge on any atom is -0.366 e. The Morgan fingerprint density at radius 3 is 2.83 bits per heavy atom. The molecule has 0 N–H and O–H groups in total. The van der Waals surface area contributed by atoms with Crippen molar-refractivity contribution in [2.75, 3.05) is 6.61 Å². The number of carbonyl (C=O) groups excluding carboxylic acids is 1. The van der Waals surface area contributed by atoms with Gasteiger partial charge >= 0.3 is 0 Å². The summed E-state index contributed by atoms with van der Waals surface area (Å²) in [7, 11) is 0. The van der Waals surface area contributed by atoms with Gasteiger partial charge in [-0.2, -0.15) is 0 Å². The zero-order chi connectivity index (χ0) is 13.0. The molecule has 1 aromatic heterocycles. The number of benzene rings is 1. The van der Waals surface area contributed by atoms with Gasteiger partial charge in [-0.25, -0.2) is 0 Å². The van der Waals surface area contributed by atoms with Crippen LogP contribution in [-0.4, -0.2) is 18.0 Å². The number of aldehydes is 1. The Morgan fingerprint density at radius 1 is 1.28 bits per heavy atom. The van der Waals surface area contributed by atoms with Gasteiger partial charge in [0, 0.05) is 11.6 Å². The van der Waals surface area contributed by atoms with Crippen molar-refractivity contribution in [2.45, 2.75) is 6.61 Å². The molecule has 0 aliphatic carbocycles. The Morgan fingerprint density at radius 2 is 2.11 bits per heavy atom. The number of carbonyl (C=O) groups is 1. The lowest BCUT2D eigenvalue weighted by molar-refractivity contribution is -0.112. The Balaban J connectivity index is 2.13. The molecule has 0 bridgehead atoms. The summed E-state index contributed by atoms with van der Waals surface area (Å²) < 4.78 is 10.1. The van der Waals surface area contributed by atoms with Gasteiger partial charge in [-0.05, 0) is 12.1 Å². The lowest BCUT2D eigenvalue weighted by Crippen LogP contribution is -1.94. The molecule has 6 heteroatoms. The summed E-state index contributed by atoms with van der Waals surface area (Å²) in [6, 6.07) is 6.92. The second-order valence-corrected chi connectivity index (χ2v) is 4.30. The maximum absolute atomic E-state index is 10.1. The van der Waals surface area contributed by atoms with Crippen LogP contribution in [0.5, 0.6) is 0 Å². The van der Waals surface area contributed by atoms with Gasteiger partial charge in [0.15, 0.2) is 5.76 Å². The molecule has 0 saturated heterocycles. The molecule has 0 fully saturated rings. The predicted octanol–water partition coefficient (Wildman–Crippen LogP) is 3.36. The summed E-state index contributed by atoms with van der Waals surface area (Å²) in [5.74, 6) is 0.540. The van der Waals surface area contributed by atoms with Crippen molar-refractivity contribution in [1.82, 2.24) is 5.16 Å². The van der Waals surface area contributed by atoms with E-state index < -0.39 is 0 Å². The first kappa shape index (κ1) is 13.1. The average molecular weight is 286 g/mol. The molecule has 0 saturated carbocycles. The van der Waals surface area contributed by atoms with Crippen LogP contribution in [0.3, 0.4) is 0 Å². The van der Waals surface area contributed by atoms with Crippen molar-refractivity contribution in [1.29, 1.82) is 0 Å². The number of ether oxygens (including phenoxy) is 1. The molecule has 0 atom stereocenters. The number of halogens is 2. The third-order valence-electron chi connectivity index (χ3n) is 2.20. The Hall–Kier alpha value is -1.36. The van der Waals surface area contributed by atoms with Crippen LogP contribution in [0.2, 0.25) is 10.0 Å². The highest BCUT2D eigenvalue weighted by Gasteiger charge is 2.08. The van der Waals surface area contributed by atoms with E-state index in [2.05, 4.69) is 5.16 Å². The van der Waals surface area contributed by atoms with Crippen LogP contribution in [0.1, 0.15) is 5.76 Å². The molecule has 1 aromatic carbocycles. The van der Waals surface area contributed by atoms with E-state index in [-0.39, 0.29) is 13.2 Å². The molecule has 2 aromatic rings. The quantitative estimate of drug-likeness (QED) is 0.624. The van der Waals surface area contributed by atoms with Crippen molar-refractivity contribution in [2.24, 2.45) is 0 Å². The SMILES string of the molecule is O=CCOCc1cc(-c2ccc(Cl)c(Cl)c2)no1. The first-order valence-electron chi connectivity index (χ1n) is 5.13. The van der Waals surface area contributed by atoms with Crippen molar-refractivity contribution >= 4 is 29.5 Å². The van der Waals surface area contributed by atoms with Crippen LogP contribution in [0, 0.1) is 0 Å². The summed E-state index contributed by atoms with van der Waals surface area (Å²) >= 11 is 11.7. The number of rotatable bonds is 5. The van der Waals surface area contributed by atoms with Crippen LogP contribution in [0.25, 0.3) is 11.3 Å². The van der Waals surface area contributed by atoms with Crippen LogP contribution in [0.15, 0.2) is 28.8 Å². The van der Waals surface area contributed by atoms with E-state index in [0.717, 1.165) is 5.56 Å². The summed E-state index contributed by atoms with van der Waals surface area (Å²) in [5, 5.41) is 4.83. The minimum atomic E-state index is 0.0306. The number of nitrogens with zero attached hydrogens (tertiary/aromatic N) is 1. The standard InChI is InChI=1S/C12H9Cl2NO3/c13-10-2-1-8(5-11(10)14)12-6-9(18-15-12)7-17-4-3-16/h1-3,5-6H,4,7H2. The summed E-state index contributed by atoms with van der Waals surface area (Å²) in [6.07, 6.45) is 0.677. The van der Waals surface area contributed by atoms with E-state index in [0.29, 0.717) is 27.8 Å². The van der Waals surface area contributed by atoms with Gasteiger partial charge in [-0.15, -0.1) is 0 Å². The zero-order valence-corrected chi connectivity index (χ0v) is 10.7. The summed E-state index contributed by atoms with van der Waals surface area (Å²) in [5.41, 5.74) is 1.44. The van der Waals surface area contributed by atoms with E-state index in [1.54, 1.807) is 24.3 Å². The monoisotopic (exact) mass is 285 g/mol. The molecule has 18 heavy (non-hydrogen) atoms. The van der Waals surface area contributed by atoms with Gasteiger partial charge < -0.3 is 14.1 Å². The molecule has 0 radical (unpaired) electrons. The van der Waals surface area contributed by atoms with Crippen molar-refractivity contribution in [3.05, 3.63) is 40.1 Å². The van der Waals surface area contributed by atoms with Crippen LogP contribution < -0.4 is 0 Å². The van der Waals surface area contributed by atoms with Crippen molar-refractivity contribution in [3.63, 3.8) is 0 Å². The van der Waals surface area contributed by atoms with Crippen LogP contribution >= 0.6 is 23.2 Å². The molecule has 0 aliphatic rings. The summed E-state index contributed by atoms with van der Waals surface area (Å²) in [6.45, 7) is 0.232. The van der Waals surface area contributed by atoms with Crippen LogP contribution in [0.4, 0.5) is 0 Å². The number of hydrogen-bond acceptors (Lipinski definition) is 4. The first-order chi connectivity index (χ1) is 8.70. The fourth-order valence-electron chi connectivity index (χ4n) is 1.38. The van der Waals surface area contributed by atoms with E-state index >= 15 is 0 Å².